The maximum absolute atomic E-state index is 13.5. The first kappa shape index (κ1) is 21.8. The van der Waals surface area contributed by atoms with Crippen LogP contribution in [0.15, 0.2) is 54.6 Å². The Labute approximate surface area is 184 Å². The van der Waals surface area contributed by atoms with Gasteiger partial charge < -0.3 is 11.1 Å². The third kappa shape index (κ3) is 5.26. The zero-order valence-electron chi connectivity index (χ0n) is 17.8. The van der Waals surface area contributed by atoms with Gasteiger partial charge in [-0.3, -0.25) is 14.4 Å². The molecule has 2 atom stereocenters. The van der Waals surface area contributed by atoms with Crippen LogP contribution in [0.1, 0.15) is 36.4 Å². The minimum Gasteiger partial charge on any atom is -0.347 e. The van der Waals surface area contributed by atoms with E-state index in [1.54, 1.807) is 18.2 Å². The van der Waals surface area contributed by atoms with Gasteiger partial charge in [0.1, 0.15) is 0 Å². The van der Waals surface area contributed by atoms with E-state index < -0.39 is 15.4 Å². The molecule has 0 radical (unpaired) electrons. The Kier molecular flexibility index (Phi) is 6.05. The fourth-order valence-corrected chi connectivity index (χ4v) is 4.92. The van der Waals surface area contributed by atoms with Crippen LogP contribution in [0.4, 0.5) is 5.69 Å². The van der Waals surface area contributed by atoms with E-state index in [1.165, 1.54) is 0 Å². The van der Waals surface area contributed by atoms with Gasteiger partial charge in [-0.2, -0.15) is 0 Å². The molecule has 8 heteroatoms. The second kappa shape index (κ2) is 8.61. The summed E-state index contributed by atoms with van der Waals surface area (Å²) >= 11 is 0. The van der Waals surface area contributed by atoms with E-state index in [2.05, 4.69) is 14.9 Å². The first-order valence-corrected chi connectivity index (χ1v) is 12.6. The van der Waals surface area contributed by atoms with Crippen molar-refractivity contribution in [3.63, 3.8) is 0 Å². The molecule has 1 saturated heterocycles. The topological polar surface area (TPSA) is 105 Å². The molecule has 166 valence electrons. The number of carbonyl (C=O) groups excluding carboxylic acids is 1. The molecule has 2 aromatic rings. The first-order chi connectivity index (χ1) is 14.7. The van der Waals surface area contributed by atoms with Gasteiger partial charge in [-0.25, -0.2) is 8.42 Å². The van der Waals surface area contributed by atoms with Gasteiger partial charge in [0.05, 0.1) is 17.7 Å². The summed E-state index contributed by atoms with van der Waals surface area (Å²) in [5.41, 5.74) is 7.86. The van der Waals surface area contributed by atoms with Crippen molar-refractivity contribution < 1.29 is 13.2 Å². The maximum Gasteiger partial charge on any atom is 0.231 e. The average Bonchev–Trinajstić information content (AvgIpc) is 3.44. The van der Waals surface area contributed by atoms with E-state index in [9.17, 15) is 13.2 Å². The lowest BCUT2D eigenvalue weighted by molar-refractivity contribution is -0.124. The number of sulfonamides is 1. The summed E-state index contributed by atoms with van der Waals surface area (Å²) < 4.78 is 25.7. The van der Waals surface area contributed by atoms with Crippen LogP contribution in [0.3, 0.4) is 0 Å². The predicted octanol–water partition coefficient (Wildman–Crippen LogP) is 1.98. The normalized spacial score (nSPS) is 21.4. The molecular formula is C23H30N4O3S. The Balaban J connectivity index is 1.53. The maximum atomic E-state index is 13.5. The summed E-state index contributed by atoms with van der Waals surface area (Å²) in [5, 5.41) is 3.28. The van der Waals surface area contributed by atoms with Crippen molar-refractivity contribution in [2.75, 3.05) is 30.6 Å². The molecule has 1 heterocycles. The van der Waals surface area contributed by atoms with Crippen molar-refractivity contribution in [1.82, 2.24) is 10.2 Å². The van der Waals surface area contributed by atoms with Gasteiger partial charge in [0.15, 0.2) is 0 Å². The molecule has 0 unspecified atom stereocenters. The van der Waals surface area contributed by atoms with Crippen LogP contribution < -0.4 is 15.8 Å². The second-order valence-corrected chi connectivity index (χ2v) is 10.5. The highest BCUT2D eigenvalue weighted by atomic mass is 32.2. The molecule has 2 aliphatic rings. The van der Waals surface area contributed by atoms with Crippen LogP contribution in [0.2, 0.25) is 0 Å². The molecule has 0 spiro atoms. The van der Waals surface area contributed by atoms with Gasteiger partial charge in [0, 0.05) is 24.8 Å². The fraction of sp³-hybridized carbons (Fsp3) is 0.435. The van der Waals surface area contributed by atoms with E-state index in [4.69, 9.17) is 5.73 Å². The van der Waals surface area contributed by atoms with Gasteiger partial charge >= 0.3 is 0 Å². The zero-order chi connectivity index (χ0) is 22.1. The number of likely N-dealkylation sites (tertiary alicyclic amines) is 1. The summed E-state index contributed by atoms with van der Waals surface area (Å²) in [4.78, 5) is 15.8. The van der Waals surface area contributed by atoms with Crippen LogP contribution in [0.25, 0.3) is 0 Å². The lowest BCUT2D eigenvalue weighted by Gasteiger charge is -2.27. The third-order valence-corrected chi connectivity index (χ3v) is 6.77. The van der Waals surface area contributed by atoms with Crippen molar-refractivity contribution in [2.45, 2.75) is 36.8 Å². The van der Waals surface area contributed by atoms with E-state index in [-0.39, 0.29) is 18.0 Å². The number of nitrogens with zero attached hydrogens (tertiary/aromatic N) is 1. The summed E-state index contributed by atoms with van der Waals surface area (Å²) in [5.74, 6) is -0.0126. The lowest BCUT2D eigenvalue weighted by atomic mass is 9.93. The molecule has 0 aromatic heterocycles. The molecule has 2 fully saturated rings. The van der Waals surface area contributed by atoms with E-state index in [0.29, 0.717) is 5.69 Å². The van der Waals surface area contributed by atoms with Crippen LogP contribution in [0.5, 0.6) is 0 Å². The van der Waals surface area contributed by atoms with Crippen LogP contribution in [-0.4, -0.2) is 51.2 Å². The van der Waals surface area contributed by atoms with E-state index >= 15 is 0 Å². The average molecular weight is 443 g/mol. The van der Waals surface area contributed by atoms with Crippen molar-refractivity contribution >= 4 is 21.6 Å². The Morgan fingerprint density at radius 2 is 1.94 bits per heavy atom. The van der Waals surface area contributed by atoms with Gasteiger partial charge in [-0.05, 0) is 49.1 Å². The van der Waals surface area contributed by atoms with Crippen molar-refractivity contribution in [3.8, 4) is 0 Å². The molecule has 1 aliphatic heterocycles. The SMILES string of the molecule is CS(=O)(=O)Nc1cccc(C2(C(=O)N[C@H](CN3CC[C@H](N)C3)c3ccccc3)CC2)c1. The largest absolute Gasteiger partial charge is 0.347 e. The van der Waals surface area contributed by atoms with Gasteiger partial charge in [0.2, 0.25) is 15.9 Å². The summed E-state index contributed by atoms with van der Waals surface area (Å²) in [6.07, 6.45) is 3.59. The first-order valence-electron chi connectivity index (χ1n) is 10.7. The van der Waals surface area contributed by atoms with Crippen molar-refractivity contribution in [1.29, 1.82) is 0 Å². The minimum absolute atomic E-state index is 0.0126. The predicted molar refractivity (Wildman–Crippen MR) is 122 cm³/mol. The van der Waals surface area contributed by atoms with E-state index in [1.807, 2.05) is 36.4 Å². The monoisotopic (exact) mass is 442 g/mol. The smallest absolute Gasteiger partial charge is 0.231 e. The highest BCUT2D eigenvalue weighted by Gasteiger charge is 2.51. The molecule has 4 rings (SSSR count). The Morgan fingerprint density at radius 1 is 1.19 bits per heavy atom. The number of rotatable bonds is 8. The third-order valence-electron chi connectivity index (χ3n) is 6.16. The fourth-order valence-electron chi connectivity index (χ4n) is 4.37. The number of benzene rings is 2. The Hall–Kier alpha value is -2.42. The molecule has 31 heavy (non-hydrogen) atoms. The molecule has 7 nitrogen and oxygen atoms in total. The van der Waals surface area contributed by atoms with E-state index in [0.717, 1.165) is 56.3 Å². The number of nitrogens with one attached hydrogen (secondary N) is 2. The molecule has 1 aliphatic carbocycles. The van der Waals surface area contributed by atoms with Gasteiger partial charge in [0.25, 0.3) is 0 Å². The quantitative estimate of drug-likeness (QED) is 0.580. The molecular weight excluding hydrogens is 412 g/mol. The summed E-state index contributed by atoms with van der Waals surface area (Å²) in [6, 6.07) is 17.2. The Bertz CT molecular complexity index is 1040. The van der Waals surface area contributed by atoms with Crippen LogP contribution in [0, 0.1) is 0 Å². The summed E-state index contributed by atoms with van der Waals surface area (Å²) in [7, 11) is -3.38. The number of amides is 1. The number of hydrogen-bond acceptors (Lipinski definition) is 5. The molecule has 4 N–H and O–H groups in total. The molecule has 0 bridgehead atoms. The molecule has 2 aromatic carbocycles. The molecule has 1 saturated carbocycles. The van der Waals surface area contributed by atoms with Crippen molar-refractivity contribution in [3.05, 3.63) is 65.7 Å². The number of hydrogen-bond donors (Lipinski definition) is 3. The standard InChI is InChI=1S/C23H30N4O3S/c1-31(29,30)26-20-9-5-8-18(14-20)23(11-12-23)22(28)25-21(17-6-3-2-4-7-17)16-27-13-10-19(24)15-27/h2-9,14,19,21,26H,10-13,15-16,24H2,1H3,(H,25,28)/t19-,21+/m0/s1. The number of carbonyl (C=O) groups is 1. The van der Waals surface area contributed by atoms with Gasteiger partial charge in [-0.1, -0.05) is 42.5 Å². The van der Waals surface area contributed by atoms with Gasteiger partial charge in [-0.15, -0.1) is 0 Å². The highest BCUT2D eigenvalue weighted by molar-refractivity contribution is 7.92. The van der Waals surface area contributed by atoms with Crippen LogP contribution in [-0.2, 0) is 20.2 Å². The highest BCUT2D eigenvalue weighted by Crippen LogP contribution is 2.49. The van der Waals surface area contributed by atoms with Crippen molar-refractivity contribution in [2.24, 2.45) is 5.73 Å². The zero-order valence-corrected chi connectivity index (χ0v) is 18.6. The number of anilines is 1. The molecule has 1 amide bonds. The van der Waals surface area contributed by atoms with Crippen LogP contribution >= 0.6 is 0 Å². The number of nitrogens with two attached hydrogens (primary N) is 1. The lowest BCUT2D eigenvalue weighted by Crippen LogP contribution is -2.42. The Morgan fingerprint density at radius 3 is 2.55 bits per heavy atom. The summed E-state index contributed by atoms with van der Waals surface area (Å²) in [6.45, 7) is 2.49. The minimum atomic E-state index is -3.38. The second-order valence-electron chi connectivity index (χ2n) is 8.78.